The van der Waals surface area contributed by atoms with Gasteiger partial charge in [0.2, 0.25) is 0 Å². The predicted molar refractivity (Wildman–Crippen MR) is 240 cm³/mol. The highest BCUT2D eigenvalue weighted by atomic mass is 16.1. The minimum atomic E-state index is -0.101. The standard InChI is InChI=1S/C52H54N4O2/c1-49(2,3)31-17-27(18-32(25-31)50(4,5)6)43-35-13-15-37(53-35)45-41(57)23-29-21-39(55-47(29)45)44(28-19-33(51(7,8)9)26-34(20-28)52(10,11)12)40-22-30-24-42(58)46(48(30)56-40)38-16-14-36(43)54-38/h13-22,25-26,53,56H,23-24H2,1-12H3. The average Bonchev–Trinajstić information content (AvgIpc) is 3.96. The zero-order valence-corrected chi connectivity index (χ0v) is 36.1. The quantitative estimate of drug-likeness (QED) is 0.184. The van der Waals surface area contributed by atoms with Gasteiger partial charge < -0.3 is 9.97 Å². The van der Waals surface area contributed by atoms with Gasteiger partial charge in [-0.15, -0.1) is 0 Å². The molecule has 4 aliphatic rings. The van der Waals surface area contributed by atoms with Gasteiger partial charge in [-0.05, 0) is 103 Å². The lowest BCUT2D eigenvalue weighted by Crippen LogP contribution is -2.16. The molecule has 294 valence electrons. The van der Waals surface area contributed by atoms with E-state index in [0.29, 0.717) is 23.2 Å². The van der Waals surface area contributed by atoms with Crippen LogP contribution in [0.5, 0.6) is 0 Å². The van der Waals surface area contributed by atoms with Crippen LogP contribution in [0, 0.1) is 0 Å². The third-order valence-corrected chi connectivity index (χ3v) is 12.3. The lowest BCUT2D eigenvalue weighted by atomic mass is 9.78. The van der Waals surface area contributed by atoms with Crippen LogP contribution < -0.4 is 0 Å². The summed E-state index contributed by atoms with van der Waals surface area (Å²) in [5.74, 6) is 0.114. The molecule has 0 spiro atoms. The molecule has 0 atom stereocenters. The Morgan fingerprint density at radius 1 is 0.483 bits per heavy atom. The number of allylic oxidation sites excluding steroid dienone is 1. The van der Waals surface area contributed by atoms with E-state index in [1.165, 1.54) is 22.3 Å². The van der Waals surface area contributed by atoms with Crippen LogP contribution in [0.2, 0.25) is 0 Å². The number of fused-ring (bicyclic) bond motifs is 8. The Morgan fingerprint density at radius 2 is 0.948 bits per heavy atom. The SMILES string of the molecule is CC(C)(C)c1cc(-c2c3nc(c4c5[nH]c(cc5CC4=O)c(-c4cc(C(C)(C)C)cc(C(C)(C)C)c4)c4nc5c(c6ccc2[nH]6)C(=O)CC5=C4)C=C3)cc(C(C)(C)C)c1. The topological polar surface area (TPSA) is 91.5 Å². The minimum Gasteiger partial charge on any atom is -0.354 e. The van der Waals surface area contributed by atoms with E-state index in [1.807, 2.05) is 18.2 Å². The Labute approximate surface area is 342 Å². The molecule has 3 aromatic heterocycles. The van der Waals surface area contributed by atoms with Crippen LogP contribution >= 0.6 is 0 Å². The van der Waals surface area contributed by atoms with Gasteiger partial charge in [-0.25, -0.2) is 9.97 Å². The lowest BCUT2D eigenvalue weighted by molar-refractivity contribution is 0.0993. The first kappa shape index (κ1) is 37.9. The third kappa shape index (κ3) is 6.23. The molecule has 0 amide bonds. The first-order valence-electron chi connectivity index (χ1n) is 20.7. The Kier molecular flexibility index (Phi) is 8.14. The van der Waals surface area contributed by atoms with Crippen molar-refractivity contribution >= 4 is 57.4 Å². The van der Waals surface area contributed by atoms with Crippen molar-refractivity contribution in [1.82, 2.24) is 19.9 Å². The van der Waals surface area contributed by atoms with Crippen LogP contribution in [0.3, 0.4) is 0 Å². The second-order valence-corrected chi connectivity index (χ2v) is 20.9. The number of H-pyrrole nitrogens is 2. The van der Waals surface area contributed by atoms with Gasteiger partial charge in [0.05, 0.1) is 44.9 Å². The maximum Gasteiger partial charge on any atom is 0.171 e. The molecule has 0 saturated heterocycles. The highest BCUT2D eigenvalue weighted by Crippen LogP contribution is 2.44. The molecular weight excluding hydrogens is 713 g/mol. The summed E-state index contributed by atoms with van der Waals surface area (Å²) in [6.07, 6.45) is 6.70. The maximum atomic E-state index is 14.0. The molecule has 2 N–H and O–H groups in total. The summed E-state index contributed by atoms with van der Waals surface area (Å²) >= 11 is 0. The fraction of sp³-hybridized carbons (Fsp3) is 0.346. The highest BCUT2D eigenvalue weighted by molar-refractivity contribution is 6.19. The molecular formula is C52H54N4O2. The number of ketones is 2. The normalized spacial score (nSPS) is 15.2. The number of nitrogens with one attached hydrogen (secondary N) is 2. The summed E-state index contributed by atoms with van der Waals surface area (Å²) in [4.78, 5) is 46.1. The molecule has 2 aromatic carbocycles. The molecule has 6 nitrogen and oxygen atoms in total. The van der Waals surface area contributed by atoms with Crippen molar-refractivity contribution in [2.75, 3.05) is 0 Å². The number of hydrogen-bond acceptors (Lipinski definition) is 4. The second kappa shape index (κ2) is 12.4. The number of aromatic amines is 2. The summed E-state index contributed by atoms with van der Waals surface area (Å²) in [6, 6.07) is 20.0. The molecule has 9 rings (SSSR count). The van der Waals surface area contributed by atoms with E-state index in [0.717, 1.165) is 72.5 Å². The predicted octanol–water partition coefficient (Wildman–Crippen LogP) is 12.9. The summed E-state index contributed by atoms with van der Waals surface area (Å²) in [7, 11) is 0. The smallest absolute Gasteiger partial charge is 0.171 e. The molecule has 5 heterocycles. The van der Waals surface area contributed by atoms with Gasteiger partial charge >= 0.3 is 0 Å². The average molecular weight is 767 g/mol. The number of carbonyl (C=O) groups is 2. The van der Waals surface area contributed by atoms with E-state index in [9.17, 15) is 9.59 Å². The Balaban J connectivity index is 1.44. The van der Waals surface area contributed by atoms with E-state index in [-0.39, 0.29) is 39.6 Å². The number of aromatic nitrogens is 4. The number of Topliss-reactive ketones (excluding diaryl/α,β-unsaturated/α-hetero) is 2. The molecule has 0 saturated carbocycles. The Hall–Kier alpha value is -5.62. The fourth-order valence-corrected chi connectivity index (χ4v) is 8.76. The molecule has 5 aromatic rings. The van der Waals surface area contributed by atoms with Gasteiger partial charge in [0.15, 0.2) is 11.6 Å². The highest BCUT2D eigenvalue weighted by Gasteiger charge is 2.33. The van der Waals surface area contributed by atoms with Crippen molar-refractivity contribution in [2.24, 2.45) is 0 Å². The number of hydrogen-bond donors (Lipinski definition) is 2. The van der Waals surface area contributed by atoms with E-state index >= 15 is 0 Å². The van der Waals surface area contributed by atoms with E-state index in [2.05, 4.69) is 148 Å². The number of nitrogens with zero attached hydrogens (tertiary/aromatic N) is 2. The van der Waals surface area contributed by atoms with Crippen LogP contribution in [-0.2, 0) is 28.1 Å². The summed E-state index contributed by atoms with van der Waals surface area (Å²) in [5, 5.41) is 0. The zero-order chi connectivity index (χ0) is 41.4. The summed E-state index contributed by atoms with van der Waals surface area (Å²) in [6.45, 7) is 27.0. The largest absolute Gasteiger partial charge is 0.354 e. The lowest BCUT2D eigenvalue weighted by Gasteiger charge is -2.26. The van der Waals surface area contributed by atoms with Crippen LogP contribution in [-0.4, -0.2) is 31.5 Å². The molecule has 0 unspecified atom stereocenters. The molecule has 8 bridgehead atoms. The van der Waals surface area contributed by atoms with Crippen LogP contribution in [0.1, 0.15) is 161 Å². The second-order valence-electron chi connectivity index (χ2n) is 20.9. The van der Waals surface area contributed by atoms with Crippen molar-refractivity contribution in [3.05, 3.63) is 116 Å². The van der Waals surface area contributed by atoms with Crippen molar-refractivity contribution < 1.29 is 9.59 Å². The molecule has 6 heteroatoms. The molecule has 58 heavy (non-hydrogen) atoms. The van der Waals surface area contributed by atoms with Crippen LogP contribution in [0.15, 0.2) is 54.6 Å². The van der Waals surface area contributed by atoms with Gasteiger partial charge in [-0.2, -0.15) is 0 Å². The molecule has 0 fully saturated rings. The molecule has 2 aliphatic heterocycles. The van der Waals surface area contributed by atoms with E-state index in [4.69, 9.17) is 9.97 Å². The minimum absolute atomic E-state index is 0.0569. The van der Waals surface area contributed by atoms with Gasteiger partial charge in [0.1, 0.15) is 0 Å². The number of carbonyl (C=O) groups excluding carboxylic acids is 2. The fourth-order valence-electron chi connectivity index (χ4n) is 8.76. The van der Waals surface area contributed by atoms with Gasteiger partial charge in [-0.3, -0.25) is 9.59 Å². The molecule has 0 radical (unpaired) electrons. The maximum absolute atomic E-state index is 14.0. The zero-order valence-electron chi connectivity index (χ0n) is 36.1. The van der Waals surface area contributed by atoms with E-state index < -0.39 is 0 Å². The van der Waals surface area contributed by atoms with Gasteiger partial charge in [-0.1, -0.05) is 119 Å². The summed E-state index contributed by atoms with van der Waals surface area (Å²) < 4.78 is 0. The van der Waals surface area contributed by atoms with Crippen molar-refractivity contribution in [3.63, 3.8) is 0 Å². The first-order chi connectivity index (χ1) is 27.0. The monoisotopic (exact) mass is 766 g/mol. The van der Waals surface area contributed by atoms with Crippen molar-refractivity contribution in [1.29, 1.82) is 0 Å². The number of benzene rings is 2. The Bertz CT molecular complexity index is 2830. The van der Waals surface area contributed by atoms with Crippen molar-refractivity contribution in [2.45, 2.75) is 118 Å². The van der Waals surface area contributed by atoms with Crippen LogP contribution in [0.25, 0.3) is 68.1 Å². The number of rotatable bonds is 2. The van der Waals surface area contributed by atoms with Crippen molar-refractivity contribution in [3.8, 4) is 22.3 Å². The van der Waals surface area contributed by atoms with Gasteiger partial charge in [0, 0.05) is 35.0 Å². The van der Waals surface area contributed by atoms with E-state index in [1.54, 1.807) is 0 Å². The third-order valence-electron chi connectivity index (χ3n) is 12.3. The molecule has 2 aliphatic carbocycles. The van der Waals surface area contributed by atoms with Crippen LogP contribution in [0.4, 0.5) is 0 Å². The first-order valence-corrected chi connectivity index (χ1v) is 20.7. The Morgan fingerprint density at radius 3 is 1.47 bits per heavy atom. The summed E-state index contributed by atoms with van der Waals surface area (Å²) in [5.41, 5.74) is 17.8. The van der Waals surface area contributed by atoms with Gasteiger partial charge in [0.25, 0.3) is 0 Å².